The number of nitrogens with two attached hydrogens (primary N) is 1. The van der Waals surface area contributed by atoms with Gasteiger partial charge in [0.1, 0.15) is 17.6 Å². The van der Waals surface area contributed by atoms with E-state index in [1.807, 2.05) is 18.0 Å². The molecule has 6 aliphatic rings. The lowest BCUT2D eigenvalue weighted by Crippen LogP contribution is -2.54. The number of carbonyl (C=O) groups is 6. The van der Waals surface area contributed by atoms with Crippen molar-refractivity contribution in [2.24, 2.45) is 11.7 Å². The molecule has 0 spiro atoms. The summed E-state index contributed by atoms with van der Waals surface area (Å²) in [6.45, 7) is 7.70. The monoisotopic (exact) mass is 816 g/mol. The summed E-state index contributed by atoms with van der Waals surface area (Å²) < 4.78 is 0. The van der Waals surface area contributed by atoms with E-state index in [2.05, 4.69) is 49.3 Å². The molecule has 6 aliphatic heterocycles. The molecule has 0 aliphatic carbocycles. The molecule has 1 aromatic heterocycles. The molecule has 60 heavy (non-hydrogen) atoms. The zero-order valence-electron chi connectivity index (χ0n) is 34.1. The molecule has 7 amide bonds. The summed E-state index contributed by atoms with van der Waals surface area (Å²) in [6, 6.07) is 13.2. The number of primary amides is 1. The Kier molecular flexibility index (Phi) is 10.7. The normalized spacial score (nSPS) is 24.2. The molecule has 3 atom stereocenters. The molecule has 3 aromatic rings. The third-order valence-electron chi connectivity index (χ3n) is 13.5. The highest BCUT2D eigenvalue weighted by atomic mass is 16.2. The van der Waals surface area contributed by atoms with Crippen LogP contribution in [0.1, 0.15) is 98.9 Å². The molecule has 3 N–H and O–H groups in total. The van der Waals surface area contributed by atoms with Gasteiger partial charge in [-0.05, 0) is 92.8 Å². The summed E-state index contributed by atoms with van der Waals surface area (Å²) in [5.74, 6) is -0.930. The number of hydrogen-bond acceptors (Lipinski definition) is 11. The molecule has 5 saturated heterocycles. The van der Waals surface area contributed by atoms with Gasteiger partial charge in [-0.1, -0.05) is 24.3 Å². The summed E-state index contributed by atoms with van der Waals surface area (Å²) >= 11 is 0. The number of rotatable bonds is 10. The molecule has 5 fully saturated rings. The predicted octanol–water partition coefficient (Wildman–Crippen LogP) is 2.61. The fraction of sp³-hybridized carbons (Fsp3) is 0.500. The van der Waals surface area contributed by atoms with Gasteiger partial charge in [0.2, 0.25) is 11.8 Å². The molecule has 9 rings (SSSR count). The first-order valence-corrected chi connectivity index (χ1v) is 21.3. The van der Waals surface area contributed by atoms with Crippen LogP contribution in [-0.4, -0.2) is 143 Å². The van der Waals surface area contributed by atoms with E-state index in [-0.39, 0.29) is 30.6 Å². The maximum Gasteiger partial charge on any atom is 0.320 e. The molecule has 2 aromatic carbocycles. The topological polar surface area (TPSA) is 186 Å². The fourth-order valence-corrected chi connectivity index (χ4v) is 10.1. The van der Waals surface area contributed by atoms with Gasteiger partial charge in [0.05, 0.1) is 29.1 Å². The lowest BCUT2D eigenvalue weighted by molar-refractivity contribution is -0.136. The van der Waals surface area contributed by atoms with E-state index in [4.69, 9.17) is 10.7 Å². The number of amides is 7. The van der Waals surface area contributed by atoms with Crippen LogP contribution in [0.4, 0.5) is 16.3 Å². The van der Waals surface area contributed by atoms with E-state index in [0.717, 1.165) is 101 Å². The van der Waals surface area contributed by atoms with Crippen molar-refractivity contribution < 1.29 is 28.8 Å². The Labute approximate surface area is 349 Å². The third kappa shape index (κ3) is 7.68. The van der Waals surface area contributed by atoms with Crippen LogP contribution in [0.15, 0.2) is 48.7 Å². The van der Waals surface area contributed by atoms with Gasteiger partial charge >= 0.3 is 6.03 Å². The van der Waals surface area contributed by atoms with Crippen LogP contribution >= 0.6 is 0 Å². The molecule has 16 heteroatoms. The highest BCUT2D eigenvalue weighted by molar-refractivity contribution is 6.23. The van der Waals surface area contributed by atoms with Crippen molar-refractivity contribution in [2.45, 2.75) is 69.4 Å². The van der Waals surface area contributed by atoms with Gasteiger partial charge in [0.25, 0.3) is 17.7 Å². The van der Waals surface area contributed by atoms with Crippen LogP contribution in [0, 0.1) is 5.92 Å². The number of urea groups is 1. The van der Waals surface area contributed by atoms with E-state index >= 15 is 0 Å². The van der Waals surface area contributed by atoms with E-state index < -0.39 is 35.6 Å². The number of likely N-dealkylation sites (tertiary alicyclic amines) is 1. The first-order valence-electron chi connectivity index (χ1n) is 21.3. The molecular weight excluding hydrogens is 765 g/mol. The van der Waals surface area contributed by atoms with Crippen molar-refractivity contribution in [3.63, 3.8) is 0 Å². The van der Waals surface area contributed by atoms with Crippen LogP contribution in [0.3, 0.4) is 0 Å². The van der Waals surface area contributed by atoms with Gasteiger partial charge < -0.3 is 30.2 Å². The highest BCUT2D eigenvalue weighted by Gasteiger charge is 2.45. The van der Waals surface area contributed by atoms with Crippen molar-refractivity contribution >= 4 is 47.1 Å². The number of aromatic nitrogens is 2. The maximum absolute atomic E-state index is 13.4. The van der Waals surface area contributed by atoms with Gasteiger partial charge in [0, 0.05) is 71.4 Å². The van der Waals surface area contributed by atoms with Gasteiger partial charge in [-0.25, -0.2) is 14.8 Å². The summed E-state index contributed by atoms with van der Waals surface area (Å²) in [7, 11) is 1.84. The maximum atomic E-state index is 13.4. The van der Waals surface area contributed by atoms with E-state index in [0.29, 0.717) is 47.4 Å². The Balaban J connectivity index is 0.771. The molecule has 0 radical (unpaired) electrons. The first-order chi connectivity index (χ1) is 29.0. The Morgan fingerprint density at radius 3 is 2.35 bits per heavy atom. The van der Waals surface area contributed by atoms with Crippen molar-refractivity contribution in [1.29, 1.82) is 0 Å². The molecule has 16 nitrogen and oxygen atoms in total. The molecule has 1 unspecified atom stereocenters. The van der Waals surface area contributed by atoms with E-state index in [1.54, 1.807) is 23.2 Å². The number of piperidine rings is 3. The highest BCUT2D eigenvalue weighted by Crippen LogP contribution is 2.34. The third-order valence-corrected chi connectivity index (χ3v) is 13.5. The lowest BCUT2D eigenvalue weighted by atomic mass is 9.88. The number of carbonyl (C=O) groups excluding carboxylic acids is 6. The van der Waals surface area contributed by atoms with Crippen LogP contribution < -0.4 is 20.9 Å². The summed E-state index contributed by atoms with van der Waals surface area (Å²) in [5.41, 5.74) is 10.3. The van der Waals surface area contributed by atoms with Crippen LogP contribution in [0.5, 0.6) is 0 Å². The molecule has 7 heterocycles. The van der Waals surface area contributed by atoms with E-state index in [1.165, 1.54) is 5.56 Å². The predicted molar refractivity (Wildman–Crippen MR) is 222 cm³/mol. The van der Waals surface area contributed by atoms with Crippen LogP contribution in [0.2, 0.25) is 0 Å². The number of anilines is 2. The number of benzene rings is 2. The number of hydrogen-bond donors (Lipinski definition) is 2. The number of nitrogens with one attached hydrogen (secondary N) is 1. The Hall–Kier alpha value is -5.90. The number of likely N-dealkylation sites (N-methyl/N-ethyl adjacent to an activating group) is 1. The Morgan fingerprint density at radius 1 is 0.833 bits per heavy atom. The average Bonchev–Trinajstić information content (AvgIpc) is 3.93. The van der Waals surface area contributed by atoms with Crippen molar-refractivity contribution in [2.75, 3.05) is 75.8 Å². The summed E-state index contributed by atoms with van der Waals surface area (Å²) in [4.78, 5) is 96.9. The fourth-order valence-electron chi connectivity index (χ4n) is 10.1. The van der Waals surface area contributed by atoms with Crippen molar-refractivity contribution in [1.82, 2.24) is 34.9 Å². The van der Waals surface area contributed by atoms with Gasteiger partial charge in [-0.3, -0.25) is 34.2 Å². The molecular formula is C44H52N10O6. The standard InChI is InChI=1S/C44H52N10O6/c1-49-19-20-53(44(49)60)32-3-2-15-52(26-32)37-23-46-39(40(45)56)35(47-37)21-27-4-6-29(7-5-27)30-13-16-50(17-14-30)24-28-12-18-51(25-28)31-8-9-33-34(22-31)43(59)54(42(33)58)36-10-11-38(55)48-41(36)57/h4-9,22-23,28,30,32,36H,2-3,10-21,24-26H2,1H3,(H2,45,56)(H,48,55,57)/t28-,32+,36?/m0/s1. The number of imide groups is 2. The zero-order valence-corrected chi connectivity index (χ0v) is 34.1. The second-order valence-corrected chi connectivity index (χ2v) is 17.3. The molecule has 0 saturated carbocycles. The number of nitrogens with zero attached hydrogens (tertiary/aromatic N) is 8. The SMILES string of the molecule is CN1CCN([C@@H]2CCCN(c3cnc(C(N)=O)c(Cc4ccc(C5CCN(C[C@@H]6CCN(c7ccc8c(c7)C(=O)N(C7CCC(=O)NC7=O)C8=O)C6)CC5)cc4)n3)C2)C1=O. The number of fused-ring (bicyclic) bond motifs is 1. The Morgan fingerprint density at radius 2 is 1.62 bits per heavy atom. The summed E-state index contributed by atoms with van der Waals surface area (Å²) in [5, 5.41) is 2.25. The average molecular weight is 817 g/mol. The largest absolute Gasteiger partial charge is 0.371 e. The minimum absolute atomic E-state index is 0.0719. The van der Waals surface area contributed by atoms with Gasteiger partial charge in [0.15, 0.2) is 0 Å². The van der Waals surface area contributed by atoms with Gasteiger partial charge in [-0.2, -0.15) is 0 Å². The van der Waals surface area contributed by atoms with Crippen LogP contribution in [-0.2, 0) is 16.0 Å². The smallest absolute Gasteiger partial charge is 0.320 e. The lowest BCUT2D eigenvalue weighted by Gasteiger charge is -2.37. The minimum atomic E-state index is -0.974. The quantitative estimate of drug-likeness (QED) is 0.287. The van der Waals surface area contributed by atoms with Crippen molar-refractivity contribution in [3.05, 3.63) is 82.3 Å². The minimum Gasteiger partial charge on any atom is -0.371 e. The van der Waals surface area contributed by atoms with E-state index in [9.17, 15) is 28.8 Å². The van der Waals surface area contributed by atoms with Crippen LogP contribution in [0.25, 0.3) is 0 Å². The second-order valence-electron chi connectivity index (χ2n) is 17.3. The first kappa shape index (κ1) is 39.6. The molecule has 314 valence electrons. The summed E-state index contributed by atoms with van der Waals surface area (Å²) in [6.07, 6.45) is 7.35. The Bertz CT molecular complexity index is 2220. The van der Waals surface area contributed by atoms with Crippen molar-refractivity contribution in [3.8, 4) is 0 Å². The zero-order chi connectivity index (χ0) is 41.7. The molecule has 0 bridgehead atoms. The van der Waals surface area contributed by atoms with Gasteiger partial charge in [-0.15, -0.1) is 0 Å². The second kappa shape index (κ2) is 16.3.